The summed E-state index contributed by atoms with van der Waals surface area (Å²) in [6, 6.07) is 0. The molecule has 5 heteroatoms. The van der Waals surface area contributed by atoms with Crippen molar-refractivity contribution < 1.29 is 24.1 Å². The second-order valence-corrected chi connectivity index (χ2v) is 5.90. The number of hydrogen-bond acceptors (Lipinski definition) is 5. The van der Waals surface area contributed by atoms with Crippen LogP contribution in [-0.2, 0) is 18.9 Å². The van der Waals surface area contributed by atoms with Gasteiger partial charge in [-0.05, 0) is 5.41 Å². The molecular weight excluding hydrogens is 224 g/mol. The number of ether oxygens (including phenoxy) is 4. The Balaban J connectivity index is 1.67. The summed E-state index contributed by atoms with van der Waals surface area (Å²) in [6.07, 6.45) is -1.04. The predicted molar refractivity (Wildman–Crippen MR) is 60.6 cm³/mol. The molecule has 2 aliphatic heterocycles. The van der Waals surface area contributed by atoms with Gasteiger partial charge in [-0.1, -0.05) is 20.8 Å². The third kappa shape index (κ3) is 3.39. The van der Waals surface area contributed by atoms with Crippen molar-refractivity contribution in [3.8, 4) is 0 Å². The molecule has 5 nitrogen and oxygen atoms in total. The second kappa shape index (κ2) is 5.20. The summed E-state index contributed by atoms with van der Waals surface area (Å²) in [5.74, 6) is 0. The molecule has 0 aromatic rings. The largest absolute Gasteiger partial charge is 0.388 e. The Bertz CT molecular complexity index is 250. The number of aliphatic hydroxyl groups excluding tert-OH is 1. The van der Waals surface area contributed by atoms with E-state index in [1.807, 2.05) is 0 Å². The van der Waals surface area contributed by atoms with Crippen LogP contribution in [0.25, 0.3) is 0 Å². The average molecular weight is 246 g/mol. The minimum absolute atomic E-state index is 0.128. The van der Waals surface area contributed by atoms with Gasteiger partial charge in [-0.25, -0.2) is 0 Å². The van der Waals surface area contributed by atoms with Crippen LogP contribution in [0.15, 0.2) is 0 Å². The van der Waals surface area contributed by atoms with E-state index >= 15 is 0 Å². The number of aliphatic hydroxyl groups is 1. The molecule has 100 valence electrons. The molecule has 2 aliphatic rings. The van der Waals surface area contributed by atoms with Crippen LogP contribution in [0.4, 0.5) is 0 Å². The smallest absolute Gasteiger partial charge is 0.147 e. The van der Waals surface area contributed by atoms with Gasteiger partial charge in [0.05, 0.1) is 19.8 Å². The lowest BCUT2D eigenvalue weighted by Crippen LogP contribution is -2.33. The fourth-order valence-corrected chi connectivity index (χ4v) is 2.07. The van der Waals surface area contributed by atoms with E-state index in [4.69, 9.17) is 18.9 Å². The first-order valence-corrected chi connectivity index (χ1v) is 6.08. The van der Waals surface area contributed by atoms with Gasteiger partial charge in [0.2, 0.25) is 0 Å². The van der Waals surface area contributed by atoms with Crippen molar-refractivity contribution in [2.75, 3.05) is 26.6 Å². The van der Waals surface area contributed by atoms with Crippen LogP contribution in [0.3, 0.4) is 0 Å². The predicted octanol–water partition coefficient (Wildman–Crippen LogP) is 0.550. The van der Waals surface area contributed by atoms with Crippen LogP contribution in [0.2, 0.25) is 0 Å². The van der Waals surface area contributed by atoms with Gasteiger partial charge in [-0.3, -0.25) is 0 Å². The lowest BCUT2D eigenvalue weighted by molar-refractivity contribution is -0.129. The van der Waals surface area contributed by atoms with Gasteiger partial charge < -0.3 is 24.1 Å². The average Bonchev–Trinajstić information content (AvgIpc) is 2.76. The van der Waals surface area contributed by atoms with E-state index in [0.29, 0.717) is 19.8 Å². The van der Waals surface area contributed by atoms with Gasteiger partial charge in [0.1, 0.15) is 31.2 Å². The highest BCUT2D eigenvalue weighted by molar-refractivity contribution is 4.94. The van der Waals surface area contributed by atoms with Crippen LogP contribution in [0, 0.1) is 5.41 Å². The molecule has 2 heterocycles. The third-order valence-corrected chi connectivity index (χ3v) is 2.88. The number of fused-ring (bicyclic) bond motifs is 1. The van der Waals surface area contributed by atoms with Crippen LogP contribution < -0.4 is 0 Å². The molecule has 0 radical (unpaired) electrons. The first-order chi connectivity index (χ1) is 7.97. The minimum atomic E-state index is -0.524. The molecular formula is C12H22O5. The van der Waals surface area contributed by atoms with Crippen molar-refractivity contribution in [3.05, 3.63) is 0 Å². The first-order valence-electron chi connectivity index (χ1n) is 6.08. The molecule has 0 aromatic carbocycles. The maximum Gasteiger partial charge on any atom is 0.147 e. The Morgan fingerprint density at radius 2 is 1.88 bits per heavy atom. The molecule has 2 rings (SSSR count). The van der Waals surface area contributed by atoms with Crippen molar-refractivity contribution in [1.29, 1.82) is 0 Å². The zero-order valence-corrected chi connectivity index (χ0v) is 10.7. The van der Waals surface area contributed by atoms with Crippen molar-refractivity contribution in [2.45, 2.75) is 45.2 Å². The fraction of sp³-hybridized carbons (Fsp3) is 1.00. The van der Waals surface area contributed by atoms with Gasteiger partial charge >= 0.3 is 0 Å². The lowest BCUT2D eigenvalue weighted by atomic mass is 9.99. The lowest BCUT2D eigenvalue weighted by Gasteiger charge is -2.20. The van der Waals surface area contributed by atoms with Crippen molar-refractivity contribution in [3.63, 3.8) is 0 Å². The van der Waals surface area contributed by atoms with Gasteiger partial charge in [-0.15, -0.1) is 0 Å². The molecule has 0 bridgehead atoms. The summed E-state index contributed by atoms with van der Waals surface area (Å²) in [4.78, 5) is 0. The Hall–Kier alpha value is -0.200. The van der Waals surface area contributed by atoms with Crippen LogP contribution >= 0.6 is 0 Å². The highest BCUT2D eigenvalue weighted by Crippen LogP contribution is 2.28. The van der Waals surface area contributed by atoms with Gasteiger partial charge in [-0.2, -0.15) is 0 Å². The number of rotatable bonds is 4. The first kappa shape index (κ1) is 13.2. The zero-order valence-electron chi connectivity index (χ0n) is 10.7. The second-order valence-electron chi connectivity index (χ2n) is 5.90. The standard InChI is InChI=1S/C12H22O5/c1-12(2,3)6-14-7-17-9-5-16-10-8(13)4-15-11(9)10/h8-11,13H,4-7H2,1-3H3/t8-,9+,10+,11+/m0/s1. The molecule has 0 unspecified atom stereocenters. The monoisotopic (exact) mass is 246 g/mol. The maximum atomic E-state index is 9.56. The van der Waals surface area contributed by atoms with Gasteiger partial charge in [0, 0.05) is 0 Å². The summed E-state index contributed by atoms with van der Waals surface area (Å²) in [5.41, 5.74) is 0.137. The normalized spacial score (nSPS) is 37.4. The van der Waals surface area contributed by atoms with E-state index < -0.39 is 6.10 Å². The van der Waals surface area contributed by atoms with Crippen molar-refractivity contribution >= 4 is 0 Å². The summed E-state index contributed by atoms with van der Waals surface area (Å²) in [6.45, 7) is 8.02. The molecule has 0 aromatic heterocycles. The molecule has 2 fully saturated rings. The van der Waals surface area contributed by atoms with Crippen LogP contribution in [-0.4, -0.2) is 56.1 Å². The summed E-state index contributed by atoms with van der Waals surface area (Å²) < 4.78 is 21.9. The molecule has 0 saturated carbocycles. The van der Waals surface area contributed by atoms with E-state index in [-0.39, 0.29) is 30.5 Å². The van der Waals surface area contributed by atoms with Crippen LogP contribution in [0.5, 0.6) is 0 Å². The molecule has 2 saturated heterocycles. The topological polar surface area (TPSA) is 57.2 Å². The molecule has 4 atom stereocenters. The van der Waals surface area contributed by atoms with E-state index in [0.717, 1.165) is 0 Å². The molecule has 0 amide bonds. The zero-order chi connectivity index (χ0) is 12.5. The Morgan fingerprint density at radius 3 is 2.59 bits per heavy atom. The van der Waals surface area contributed by atoms with E-state index in [1.54, 1.807) is 0 Å². The SMILES string of the molecule is CC(C)(C)COCO[C@@H]1CO[C@H]2[C@@H]1OC[C@@H]2O. The third-order valence-electron chi connectivity index (χ3n) is 2.88. The highest BCUT2D eigenvalue weighted by Gasteiger charge is 2.47. The molecule has 0 aliphatic carbocycles. The summed E-state index contributed by atoms with van der Waals surface area (Å²) in [7, 11) is 0. The van der Waals surface area contributed by atoms with Crippen molar-refractivity contribution in [2.24, 2.45) is 5.41 Å². The Kier molecular flexibility index (Phi) is 4.05. The Labute approximate surface area is 102 Å². The van der Waals surface area contributed by atoms with Gasteiger partial charge in [0.25, 0.3) is 0 Å². The number of hydrogen-bond donors (Lipinski definition) is 1. The quantitative estimate of drug-likeness (QED) is 0.580. The van der Waals surface area contributed by atoms with E-state index in [2.05, 4.69) is 20.8 Å². The minimum Gasteiger partial charge on any atom is -0.388 e. The fourth-order valence-electron chi connectivity index (χ4n) is 2.07. The van der Waals surface area contributed by atoms with E-state index in [9.17, 15) is 5.11 Å². The highest BCUT2D eigenvalue weighted by atomic mass is 16.7. The summed E-state index contributed by atoms with van der Waals surface area (Å²) in [5, 5.41) is 9.56. The van der Waals surface area contributed by atoms with Crippen molar-refractivity contribution in [1.82, 2.24) is 0 Å². The van der Waals surface area contributed by atoms with Crippen LogP contribution in [0.1, 0.15) is 20.8 Å². The molecule has 17 heavy (non-hydrogen) atoms. The van der Waals surface area contributed by atoms with E-state index in [1.165, 1.54) is 0 Å². The summed E-state index contributed by atoms with van der Waals surface area (Å²) >= 11 is 0. The molecule has 0 spiro atoms. The maximum absolute atomic E-state index is 9.56. The molecule has 1 N–H and O–H groups in total. The Morgan fingerprint density at radius 1 is 1.18 bits per heavy atom. The van der Waals surface area contributed by atoms with Gasteiger partial charge in [0.15, 0.2) is 0 Å².